The van der Waals surface area contributed by atoms with Crippen LogP contribution in [-0.4, -0.2) is 14.2 Å². The van der Waals surface area contributed by atoms with E-state index in [1.54, 1.807) is 0 Å². The first-order valence-electron chi connectivity index (χ1n) is 2.47. The Balaban J connectivity index is 3.74. The van der Waals surface area contributed by atoms with Gasteiger partial charge in [0, 0.05) is 0 Å². The maximum Gasteiger partial charge on any atom is 0.267 e. The fourth-order valence-corrected chi connectivity index (χ4v) is 0.576. The summed E-state index contributed by atoms with van der Waals surface area (Å²) in [6.07, 6.45) is 1.27. The Kier molecular flexibility index (Phi) is 3.49. The minimum absolute atomic E-state index is 0.0165. The van der Waals surface area contributed by atoms with E-state index in [1.165, 1.54) is 13.0 Å². The van der Waals surface area contributed by atoms with Crippen molar-refractivity contribution in [1.29, 1.82) is 0 Å². The van der Waals surface area contributed by atoms with Crippen LogP contribution < -0.4 is 0 Å². The van der Waals surface area contributed by atoms with Gasteiger partial charge in [0.1, 0.15) is 6.61 Å². The largest absolute Gasteiger partial charge is 0.267 e. The third-order valence-electron chi connectivity index (χ3n) is 0.652. The molecule has 0 amide bonds. The minimum atomic E-state index is -3.31. The summed E-state index contributed by atoms with van der Waals surface area (Å²) in [6, 6.07) is 0. The Morgan fingerprint density at radius 2 is 2.22 bits per heavy atom. The standard InChI is InChI=1S/C5H9O3S/c1-3-5-8-9(6,7)4-2/h3,5H,1,4H2,2H3. The van der Waals surface area contributed by atoms with Gasteiger partial charge in [-0.05, 0) is 6.92 Å². The molecule has 9 heavy (non-hydrogen) atoms. The molecule has 0 aliphatic rings. The van der Waals surface area contributed by atoms with Crippen LogP contribution in [0.3, 0.4) is 0 Å². The van der Waals surface area contributed by atoms with Crippen LogP contribution in [-0.2, 0) is 14.3 Å². The van der Waals surface area contributed by atoms with Crippen molar-refractivity contribution in [1.82, 2.24) is 0 Å². The Hall–Kier alpha value is -0.350. The van der Waals surface area contributed by atoms with Crippen molar-refractivity contribution in [2.75, 3.05) is 5.75 Å². The molecule has 0 unspecified atom stereocenters. The number of hydrogen-bond donors (Lipinski definition) is 0. The molecule has 0 heterocycles. The molecule has 0 spiro atoms. The number of rotatable bonds is 4. The highest BCUT2D eigenvalue weighted by molar-refractivity contribution is 7.86. The summed E-state index contributed by atoms with van der Waals surface area (Å²) in [5.74, 6) is -0.0165. The zero-order valence-corrected chi connectivity index (χ0v) is 6.02. The van der Waals surface area contributed by atoms with Crippen molar-refractivity contribution in [3.63, 3.8) is 0 Å². The second kappa shape index (κ2) is 3.63. The average Bonchev–Trinajstić information content (AvgIpc) is 1.84. The second-order valence-corrected chi connectivity index (χ2v) is 3.20. The van der Waals surface area contributed by atoms with Gasteiger partial charge < -0.3 is 0 Å². The van der Waals surface area contributed by atoms with Crippen LogP contribution in [0, 0.1) is 6.61 Å². The van der Waals surface area contributed by atoms with E-state index in [-0.39, 0.29) is 5.75 Å². The molecule has 0 rings (SSSR count). The molecule has 0 aromatic rings. The summed E-state index contributed by atoms with van der Waals surface area (Å²) in [5, 5.41) is 0. The predicted octanol–water partition coefficient (Wildman–Crippen LogP) is 0.700. The molecule has 53 valence electrons. The van der Waals surface area contributed by atoms with Crippen molar-refractivity contribution in [3.05, 3.63) is 19.3 Å². The highest BCUT2D eigenvalue weighted by Crippen LogP contribution is 1.94. The zero-order valence-electron chi connectivity index (χ0n) is 5.20. The highest BCUT2D eigenvalue weighted by atomic mass is 32.2. The molecule has 0 aliphatic carbocycles. The van der Waals surface area contributed by atoms with Gasteiger partial charge in [-0.2, -0.15) is 8.42 Å². The van der Waals surface area contributed by atoms with Gasteiger partial charge in [-0.3, -0.25) is 4.18 Å². The second-order valence-electron chi connectivity index (χ2n) is 1.31. The van der Waals surface area contributed by atoms with Crippen molar-refractivity contribution >= 4 is 10.1 Å². The van der Waals surface area contributed by atoms with E-state index >= 15 is 0 Å². The molecule has 0 atom stereocenters. The first-order valence-corrected chi connectivity index (χ1v) is 4.05. The van der Waals surface area contributed by atoms with Crippen molar-refractivity contribution in [2.45, 2.75) is 6.92 Å². The molecular formula is C5H9O3S. The van der Waals surface area contributed by atoms with Gasteiger partial charge in [-0.1, -0.05) is 6.08 Å². The highest BCUT2D eigenvalue weighted by Gasteiger charge is 2.04. The molecule has 1 radical (unpaired) electrons. The van der Waals surface area contributed by atoms with Crippen LogP contribution in [0.1, 0.15) is 6.92 Å². The van der Waals surface area contributed by atoms with Gasteiger partial charge in [0.25, 0.3) is 10.1 Å². The third kappa shape index (κ3) is 4.17. The molecule has 4 heteroatoms. The molecule has 0 saturated carbocycles. The monoisotopic (exact) mass is 149 g/mol. The minimum Gasteiger partial charge on any atom is -0.259 e. The zero-order chi connectivity index (χ0) is 7.33. The topological polar surface area (TPSA) is 43.4 Å². The molecule has 0 fully saturated rings. The molecule has 0 N–H and O–H groups in total. The lowest BCUT2D eigenvalue weighted by Gasteiger charge is -1.95. The van der Waals surface area contributed by atoms with E-state index in [0.717, 1.165) is 6.61 Å². The van der Waals surface area contributed by atoms with E-state index in [0.29, 0.717) is 0 Å². The predicted molar refractivity (Wildman–Crippen MR) is 35.0 cm³/mol. The number of hydrogen-bond acceptors (Lipinski definition) is 3. The third-order valence-corrected chi connectivity index (χ3v) is 1.76. The summed E-state index contributed by atoms with van der Waals surface area (Å²) in [6.45, 7) is 5.80. The SMILES string of the molecule is C=C[CH]OS(=O)(=O)CC. The van der Waals surface area contributed by atoms with Crippen molar-refractivity contribution in [3.8, 4) is 0 Å². The first kappa shape index (κ1) is 8.65. The van der Waals surface area contributed by atoms with Crippen molar-refractivity contribution in [2.24, 2.45) is 0 Å². The lowest BCUT2D eigenvalue weighted by atomic mass is 10.7. The Morgan fingerprint density at radius 3 is 2.56 bits per heavy atom. The van der Waals surface area contributed by atoms with Gasteiger partial charge in [0.15, 0.2) is 0 Å². The fraction of sp³-hybridized carbons (Fsp3) is 0.400. The van der Waals surface area contributed by atoms with Crippen LogP contribution >= 0.6 is 0 Å². The molecule has 0 aromatic carbocycles. The lowest BCUT2D eigenvalue weighted by molar-refractivity contribution is 0.413. The maximum absolute atomic E-state index is 10.5. The Morgan fingerprint density at radius 1 is 1.67 bits per heavy atom. The van der Waals surface area contributed by atoms with Crippen LogP contribution in [0.2, 0.25) is 0 Å². The summed E-state index contributed by atoms with van der Waals surface area (Å²) in [7, 11) is -3.31. The van der Waals surface area contributed by atoms with Gasteiger partial charge in [-0.15, -0.1) is 6.58 Å². The molecule has 0 bridgehead atoms. The van der Waals surface area contributed by atoms with E-state index in [1.807, 2.05) is 0 Å². The van der Waals surface area contributed by atoms with Crippen LogP contribution in [0.5, 0.6) is 0 Å². The van der Waals surface area contributed by atoms with Gasteiger partial charge in [0.05, 0.1) is 5.75 Å². The van der Waals surface area contributed by atoms with Gasteiger partial charge in [0.2, 0.25) is 0 Å². The summed E-state index contributed by atoms with van der Waals surface area (Å²) in [4.78, 5) is 0. The summed E-state index contributed by atoms with van der Waals surface area (Å²) < 4.78 is 25.2. The quantitative estimate of drug-likeness (QED) is 0.552. The smallest absolute Gasteiger partial charge is 0.259 e. The maximum atomic E-state index is 10.5. The molecule has 0 aromatic heterocycles. The lowest BCUT2D eigenvalue weighted by Crippen LogP contribution is -2.04. The van der Waals surface area contributed by atoms with E-state index < -0.39 is 10.1 Å². The normalized spacial score (nSPS) is 11.2. The van der Waals surface area contributed by atoms with E-state index in [9.17, 15) is 8.42 Å². The average molecular weight is 149 g/mol. The van der Waals surface area contributed by atoms with Crippen LogP contribution in [0.4, 0.5) is 0 Å². The Bertz CT molecular complexity index is 169. The molecular weight excluding hydrogens is 140 g/mol. The van der Waals surface area contributed by atoms with E-state index in [2.05, 4.69) is 10.8 Å². The van der Waals surface area contributed by atoms with Crippen molar-refractivity contribution < 1.29 is 12.6 Å². The van der Waals surface area contributed by atoms with Gasteiger partial charge >= 0.3 is 0 Å². The van der Waals surface area contributed by atoms with Crippen LogP contribution in [0.15, 0.2) is 12.7 Å². The molecule has 0 aliphatic heterocycles. The Labute approximate surface area is 55.5 Å². The molecule has 3 nitrogen and oxygen atoms in total. The fourth-order valence-electron chi connectivity index (χ4n) is 0.192. The van der Waals surface area contributed by atoms with Crippen LogP contribution in [0.25, 0.3) is 0 Å². The molecule has 0 saturated heterocycles. The summed E-state index contributed by atoms with van der Waals surface area (Å²) in [5.41, 5.74) is 0. The van der Waals surface area contributed by atoms with Gasteiger partial charge in [-0.25, -0.2) is 0 Å². The summed E-state index contributed by atoms with van der Waals surface area (Å²) >= 11 is 0. The first-order chi connectivity index (χ1) is 4.12. The van der Waals surface area contributed by atoms with E-state index in [4.69, 9.17) is 0 Å².